The highest BCUT2D eigenvalue weighted by Crippen LogP contribution is 2.18. The van der Waals surface area contributed by atoms with E-state index in [9.17, 15) is 14.4 Å². The molecule has 0 saturated carbocycles. The second-order valence-electron chi connectivity index (χ2n) is 8.20. The molecule has 0 saturated heterocycles. The van der Waals surface area contributed by atoms with E-state index in [1.165, 1.54) is 0 Å². The van der Waals surface area contributed by atoms with Gasteiger partial charge in [-0.3, -0.25) is 14.4 Å². The van der Waals surface area contributed by atoms with Gasteiger partial charge in [0.25, 0.3) is 5.91 Å². The van der Waals surface area contributed by atoms with Gasteiger partial charge in [-0.2, -0.15) is 0 Å². The first-order chi connectivity index (χ1) is 17.4. The molecule has 8 nitrogen and oxygen atoms in total. The van der Waals surface area contributed by atoms with E-state index in [1.54, 1.807) is 12.4 Å². The minimum absolute atomic E-state index is 0.0515. The number of benzene rings is 3. The number of nitrogens with one attached hydrogen (secondary N) is 3. The zero-order valence-corrected chi connectivity index (χ0v) is 19.3. The quantitative estimate of drug-likeness (QED) is 0.256. The van der Waals surface area contributed by atoms with Crippen LogP contribution >= 0.6 is 0 Å². The Balaban J connectivity index is 0.000000128. The third kappa shape index (κ3) is 5.79. The highest BCUT2D eigenvalue weighted by atomic mass is 16.4. The number of carbonyl (C=O) groups excluding carboxylic acids is 1. The van der Waals surface area contributed by atoms with Gasteiger partial charge < -0.3 is 25.5 Å². The second kappa shape index (κ2) is 11.1. The molecule has 182 valence electrons. The maximum atomic E-state index is 11.0. The summed E-state index contributed by atoms with van der Waals surface area (Å²) in [6.45, 7) is 0.689. The van der Waals surface area contributed by atoms with Gasteiger partial charge in [0.05, 0.1) is 12.8 Å². The number of H-pyrrole nitrogens is 2. The fraction of sp³-hybridized carbons (Fsp3) is 0.107. The van der Waals surface area contributed by atoms with Gasteiger partial charge >= 0.3 is 11.9 Å². The lowest BCUT2D eigenvalue weighted by molar-refractivity contribution is -0.137. The Hall–Kier alpha value is -4.85. The van der Waals surface area contributed by atoms with Crippen LogP contribution in [0.2, 0.25) is 0 Å². The average molecular weight is 484 g/mol. The molecule has 0 unspecified atom stereocenters. The lowest BCUT2D eigenvalue weighted by Gasteiger charge is -1.92. The number of aromatic nitrogens is 2. The van der Waals surface area contributed by atoms with Crippen molar-refractivity contribution in [2.75, 3.05) is 0 Å². The summed E-state index contributed by atoms with van der Waals surface area (Å²) in [5.41, 5.74) is 5.57. The molecule has 36 heavy (non-hydrogen) atoms. The molecular weight excluding hydrogens is 458 g/mol. The van der Waals surface area contributed by atoms with Crippen molar-refractivity contribution in [3.8, 4) is 0 Å². The molecule has 3 aromatic carbocycles. The number of para-hydroxylation sites is 2. The number of hydrogen-bond acceptors (Lipinski definition) is 3. The van der Waals surface area contributed by atoms with Crippen LogP contribution in [0.4, 0.5) is 0 Å². The molecular formula is C28H25N3O5. The van der Waals surface area contributed by atoms with Crippen molar-refractivity contribution in [1.29, 1.82) is 0 Å². The number of rotatable bonds is 4. The average Bonchev–Trinajstić information content (AvgIpc) is 3.58. The molecule has 5 N–H and O–H groups in total. The smallest absolute Gasteiger partial charge is 0.307 e. The van der Waals surface area contributed by atoms with E-state index in [-0.39, 0.29) is 18.7 Å². The standard InChI is InChI=1S/2C10H9NO2.C8H7NO/c2*12-10(13)5-7-6-11-9-4-2-1-3-8(7)9;10-8-7-4-2-1-3-6(7)5-9-8/h2*1-4,6,11H,5H2,(H,12,13);1-4H,5H2,(H,9,10). The maximum Gasteiger partial charge on any atom is 0.307 e. The summed E-state index contributed by atoms with van der Waals surface area (Å²) in [7, 11) is 0. The van der Waals surface area contributed by atoms with Gasteiger partial charge in [-0.1, -0.05) is 54.6 Å². The molecule has 0 fully saturated rings. The first kappa shape index (κ1) is 24.3. The van der Waals surface area contributed by atoms with E-state index in [0.29, 0.717) is 6.54 Å². The number of aromatic amines is 2. The van der Waals surface area contributed by atoms with Crippen LogP contribution < -0.4 is 5.32 Å². The van der Waals surface area contributed by atoms with E-state index >= 15 is 0 Å². The summed E-state index contributed by atoms with van der Waals surface area (Å²) in [6.07, 6.45) is 3.64. The summed E-state index contributed by atoms with van der Waals surface area (Å²) in [6, 6.07) is 23.0. The molecule has 5 aromatic rings. The van der Waals surface area contributed by atoms with Crippen molar-refractivity contribution in [2.24, 2.45) is 0 Å². The molecule has 0 atom stereocenters. The minimum atomic E-state index is -0.801. The fourth-order valence-electron chi connectivity index (χ4n) is 4.05. The Bertz CT molecular complexity index is 1450. The van der Waals surface area contributed by atoms with E-state index in [4.69, 9.17) is 10.2 Å². The Labute approximate surface area is 206 Å². The summed E-state index contributed by atoms with van der Waals surface area (Å²) in [4.78, 5) is 38.0. The largest absolute Gasteiger partial charge is 0.481 e. The molecule has 0 spiro atoms. The number of hydrogen-bond donors (Lipinski definition) is 5. The molecule has 0 bridgehead atoms. The monoisotopic (exact) mass is 483 g/mol. The minimum Gasteiger partial charge on any atom is -0.481 e. The Kier molecular flexibility index (Phi) is 7.45. The van der Waals surface area contributed by atoms with Gasteiger partial charge in [0.15, 0.2) is 0 Å². The lowest BCUT2D eigenvalue weighted by atomic mass is 10.1. The molecule has 1 aliphatic rings. The summed E-state index contributed by atoms with van der Waals surface area (Å²) in [5.74, 6) is -1.55. The number of amides is 1. The highest BCUT2D eigenvalue weighted by Gasteiger charge is 2.16. The van der Waals surface area contributed by atoms with Gasteiger partial charge in [0.1, 0.15) is 0 Å². The Morgan fingerprint density at radius 3 is 1.67 bits per heavy atom. The normalized spacial score (nSPS) is 11.6. The second-order valence-corrected chi connectivity index (χ2v) is 8.20. The molecule has 3 heterocycles. The fourth-order valence-corrected chi connectivity index (χ4v) is 4.05. The topological polar surface area (TPSA) is 135 Å². The van der Waals surface area contributed by atoms with E-state index < -0.39 is 11.9 Å². The van der Waals surface area contributed by atoms with Crippen LogP contribution in [0.1, 0.15) is 27.0 Å². The van der Waals surface area contributed by atoms with Crippen molar-refractivity contribution in [2.45, 2.75) is 19.4 Å². The predicted octanol–water partition coefficient (Wildman–Crippen LogP) is 4.52. The number of carboxylic acid groups (broad SMARTS) is 2. The molecule has 6 rings (SSSR count). The molecule has 8 heteroatoms. The number of fused-ring (bicyclic) bond motifs is 3. The number of carbonyl (C=O) groups is 3. The van der Waals surface area contributed by atoms with Crippen molar-refractivity contribution in [1.82, 2.24) is 15.3 Å². The molecule has 1 amide bonds. The first-order valence-corrected chi connectivity index (χ1v) is 11.3. The van der Waals surface area contributed by atoms with E-state index in [0.717, 1.165) is 44.1 Å². The van der Waals surface area contributed by atoms with Crippen LogP contribution in [0.3, 0.4) is 0 Å². The first-order valence-electron chi connectivity index (χ1n) is 11.3. The van der Waals surface area contributed by atoms with Crippen molar-refractivity contribution >= 4 is 39.7 Å². The lowest BCUT2D eigenvalue weighted by Crippen LogP contribution is -2.12. The zero-order valence-electron chi connectivity index (χ0n) is 19.3. The predicted molar refractivity (Wildman–Crippen MR) is 137 cm³/mol. The van der Waals surface area contributed by atoms with E-state index in [1.807, 2.05) is 72.8 Å². The van der Waals surface area contributed by atoms with E-state index in [2.05, 4.69) is 15.3 Å². The molecule has 1 aliphatic heterocycles. The molecule has 2 aromatic heterocycles. The van der Waals surface area contributed by atoms with Gasteiger partial charge in [0.2, 0.25) is 0 Å². The zero-order chi connectivity index (χ0) is 25.5. The molecule has 0 aliphatic carbocycles. The summed E-state index contributed by atoms with van der Waals surface area (Å²) < 4.78 is 0. The Morgan fingerprint density at radius 2 is 1.17 bits per heavy atom. The van der Waals surface area contributed by atoms with Gasteiger partial charge in [-0.15, -0.1) is 0 Å². The third-order valence-electron chi connectivity index (χ3n) is 5.73. The maximum absolute atomic E-state index is 11.0. The van der Waals surface area contributed by atoms with Gasteiger partial charge in [-0.05, 0) is 34.9 Å². The van der Waals surface area contributed by atoms with Crippen molar-refractivity contribution < 1.29 is 24.6 Å². The number of carboxylic acids is 2. The summed E-state index contributed by atoms with van der Waals surface area (Å²) in [5, 5.41) is 22.0. The Morgan fingerprint density at radius 1 is 0.694 bits per heavy atom. The molecule has 0 radical (unpaired) electrons. The van der Waals surface area contributed by atoms with Crippen LogP contribution in [-0.4, -0.2) is 38.0 Å². The van der Waals surface area contributed by atoms with Gasteiger partial charge in [-0.25, -0.2) is 0 Å². The summed E-state index contributed by atoms with van der Waals surface area (Å²) >= 11 is 0. The van der Waals surface area contributed by atoms with Crippen LogP contribution in [0.15, 0.2) is 85.2 Å². The van der Waals surface area contributed by atoms with Crippen LogP contribution in [0, 0.1) is 0 Å². The van der Waals surface area contributed by atoms with Crippen LogP contribution in [-0.2, 0) is 29.0 Å². The van der Waals surface area contributed by atoms with Gasteiger partial charge in [0, 0.05) is 46.3 Å². The number of aliphatic carboxylic acids is 2. The van der Waals surface area contributed by atoms with Crippen molar-refractivity contribution in [3.05, 3.63) is 107 Å². The van der Waals surface area contributed by atoms with Crippen LogP contribution in [0.25, 0.3) is 21.8 Å². The van der Waals surface area contributed by atoms with Crippen LogP contribution in [0.5, 0.6) is 0 Å². The van der Waals surface area contributed by atoms with Crippen molar-refractivity contribution in [3.63, 3.8) is 0 Å². The highest BCUT2D eigenvalue weighted by molar-refractivity contribution is 5.98. The SMILES string of the molecule is O=C(O)Cc1c[nH]c2ccccc12.O=C(O)Cc1c[nH]c2ccccc12.O=C1NCc2ccccc21. The third-order valence-corrected chi connectivity index (χ3v) is 5.73.